The zero-order valence-electron chi connectivity index (χ0n) is 10.1. The number of hydrogen-bond acceptors (Lipinski definition) is 5. The van der Waals surface area contributed by atoms with E-state index in [1.165, 1.54) is 6.07 Å². The van der Waals surface area contributed by atoms with Crippen LogP contribution in [0.2, 0.25) is 0 Å². The Balaban J connectivity index is 1.70. The van der Waals surface area contributed by atoms with Gasteiger partial charge in [-0.1, -0.05) is 21.1 Å². The highest BCUT2D eigenvalue weighted by Crippen LogP contribution is 2.21. The van der Waals surface area contributed by atoms with Gasteiger partial charge in [0, 0.05) is 15.4 Å². The van der Waals surface area contributed by atoms with E-state index < -0.39 is 0 Å². The standard InChI is InChI=1S/C13H9BrFN3OS/c14-9-1-2-11(10(15)5-9)16-6-12-17-13(18-19-12)8-3-4-20-7-8/h1-5,7,16H,6H2. The number of thiophene rings is 1. The molecule has 2 heterocycles. The Labute approximate surface area is 126 Å². The van der Waals surface area contributed by atoms with Crippen molar-refractivity contribution in [1.82, 2.24) is 10.1 Å². The Morgan fingerprint density at radius 2 is 2.25 bits per heavy atom. The summed E-state index contributed by atoms with van der Waals surface area (Å²) >= 11 is 4.78. The predicted molar refractivity (Wildman–Crippen MR) is 79.0 cm³/mol. The normalized spacial score (nSPS) is 10.7. The Morgan fingerprint density at radius 3 is 3.00 bits per heavy atom. The number of nitrogens with one attached hydrogen (secondary N) is 1. The highest BCUT2D eigenvalue weighted by Gasteiger charge is 2.09. The van der Waals surface area contributed by atoms with E-state index in [-0.39, 0.29) is 12.4 Å². The van der Waals surface area contributed by atoms with Crippen LogP contribution < -0.4 is 5.32 Å². The van der Waals surface area contributed by atoms with Gasteiger partial charge in [0.25, 0.3) is 0 Å². The largest absolute Gasteiger partial charge is 0.374 e. The highest BCUT2D eigenvalue weighted by atomic mass is 79.9. The summed E-state index contributed by atoms with van der Waals surface area (Å²) in [6, 6.07) is 6.72. The molecule has 0 saturated heterocycles. The molecule has 2 aromatic heterocycles. The highest BCUT2D eigenvalue weighted by molar-refractivity contribution is 9.10. The number of nitrogens with zero attached hydrogens (tertiary/aromatic N) is 2. The van der Waals surface area contributed by atoms with Crippen LogP contribution in [0.1, 0.15) is 5.89 Å². The van der Waals surface area contributed by atoms with E-state index >= 15 is 0 Å². The van der Waals surface area contributed by atoms with E-state index in [1.807, 2.05) is 16.8 Å². The minimum atomic E-state index is -0.336. The first-order valence-corrected chi connectivity index (χ1v) is 7.50. The van der Waals surface area contributed by atoms with Crippen LogP contribution in [-0.4, -0.2) is 10.1 Å². The lowest BCUT2D eigenvalue weighted by Crippen LogP contribution is -2.01. The van der Waals surface area contributed by atoms with Crippen LogP contribution in [0.25, 0.3) is 11.4 Å². The van der Waals surface area contributed by atoms with Gasteiger partial charge in [0.1, 0.15) is 5.82 Å². The van der Waals surface area contributed by atoms with Crippen molar-refractivity contribution in [2.45, 2.75) is 6.54 Å². The summed E-state index contributed by atoms with van der Waals surface area (Å²) in [4.78, 5) is 4.25. The molecule has 0 aliphatic rings. The molecule has 1 aromatic carbocycles. The van der Waals surface area contributed by atoms with Crippen LogP contribution in [0, 0.1) is 5.82 Å². The summed E-state index contributed by atoms with van der Waals surface area (Å²) in [5.41, 5.74) is 1.31. The second kappa shape index (κ2) is 5.72. The monoisotopic (exact) mass is 353 g/mol. The Hall–Kier alpha value is -1.73. The zero-order chi connectivity index (χ0) is 13.9. The molecule has 0 fully saturated rings. The van der Waals surface area contributed by atoms with Gasteiger partial charge in [-0.15, -0.1) is 0 Å². The van der Waals surface area contributed by atoms with Gasteiger partial charge in [-0.2, -0.15) is 16.3 Å². The number of hydrogen-bond donors (Lipinski definition) is 1. The second-order valence-corrected chi connectivity index (χ2v) is 5.70. The number of halogens is 2. The molecular weight excluding hydrogens is 345 g/mol. The van der Waals surface area contributed by atoms with Gasteiger partial charge in [-0.05, 0) is 29.6 Å². The van der Waals surface area contributed by atoms with Crippen LogP contribution in [0.15, 0.2) is 44.0 Å². The molecule has 7 heteroatoms. The lowest BCUT2D eigenvalue weighted by atomic mass is 10.3. The molecule has 0 spiro atoms. The maximum atomic E-state index is 13.6. The van der Waals surface area contributed by atoms with E-state index in [0.29, 0.717) is 21.9 Å². The van der Waals surface area contributed by atoms with E-state index in [0.717, 1.165) is 5.56 Å². The van der Waals surface area contributed by atoms with Crippen LogP contribution in [-0.2, 0) is 6.54 Å². The summed E-state index contributed by atoms with van der Waals surface area (Å²) in [5, 5.41) is 10.7. The summed E-state index contributed by atoms with van der Waals surface area (Å²) in [6.45, 7) is 0.274. The lowest BCUT2D eigenvalue weighted by Gasteiger charge is -2.04. The van der Waals surface area contributed by atoms with Crippen molar-refractivity contribution in [3.8, 4) is 11.4 Å². The first-order chi connectivity index (χ1) is 9.72. The number of rotatable bonds is 4. The first-order valence-electron chi connectivity index (χ1n) is 5.76. The van der Waals surface area contributed by atoms with Crippen molar-refractivity contribution in [2.75, 3.05) is 5.32 Å². The third-order valence-electron chi connectivity index (χ3n) is 2.61. The predicted octanol–water partition coefficient (Wildman–Crippen LogP) is 4.31. The maximum Gasteiger partial charge on any atom is 0.246 e. The molecule has 3 rings (SSSR count). The van der Waals surface area contributed by atoms with Gasteiger partial charge < -0.3 is 9.84 Å². The fourth-order valence-electron chi connectivity index (χ4n) is 1.64. The number of benzene rings is 1. The third kappa shape index (κ3) is 2.88. The molecule has 0 bridgehead atoms. The molecule has 0 aliphatic heterocycles. The Morgan fingerprint density at radius 1 is 1.35 bits per heavy atom. The number of aromatic nitrogens is 2. The van der Waals surface area contributed by atoms with E-state index in [9.17, 15) is 4.39 Å². The van der Waals surface area contributed by atoms with Crippen molar-refractivity contribution in [3.63, 3.8) is 0 Å². The molecule has 20 heavy (non-hydrogen) atoms. The molecule has 102 valence electrons. The smallest absolute Gasteiger partial charge is 0.246 e. The molecule has 3 aromatic rings. The molecule has 0 amide bonds. The molecule has 0 unspecified atom stereocenters. The first kappa shape index (κ1) is 13.3. The second-order valence-electron chi connectivity index (χ2n) is 4.00. The van der Waals surface area contributed by atoms with Crippen molar-refractivity contribution in [3.05, 3.63) is 51.2 Å². The third-order valence-corrected chi connectivity index (χ3v) is 3.79. The molecular formula is C13H9BrFN3OS. The summed E-state index contributed by atoms with van der Waals surface area (Å²) < 4.78 is 19.4. The lowest BCUT2D eigenvalue weighted by molar-refractivity contribution is 0.384. The molecule has 0 atom stereocenters. The van der Waals surface area contributed by atoms with Crippen molar-refractivity contribution in [2.24, 2.45) is 0 Å². The average molecular weight is 354 g/mol. The fraction of sp³-hybridized carbons (Fsp3) is 0.0769. The van der Waals surface area contributed by atoms with Crippen LogP contribution in [0.3, 0.4) is 0 Å². The van der Waals surface area contributed by atoms with E-state index in [1.54, 1.807) is 23.5 Å². The van der Waals surface area contributed by atoms with Crippen LogP contribution in [0.5, 0.6) is 0 Å². The fourth-order valence-corrected chi connectivity index (χ4v) is 2.61. The maximum absolute atomic E-state index is 13.6. The quantitative estimate of drug-likeness (QED) is 0.759. The molecule has 0 radical (unpaired) electrons. The van der Waals surface area contributed by atoms with Gasteiger partial charge in [-0.25, -0.2) is 4.39 Å². The molecule has 4 nitrogen and oxygen atoms in total. The molecule has 1 N–H and O–H groups in total. The van der Waals surface area contributed by atoms with Crippen LogP contribution in [0.4, 0.5) is 10.1 Å². The zero-order valence-corrected chi connectivity index (χ0v) is 12.5. The molecule has 0 aliphatic carbocycles. The van der Waals surface area contributed by atoms with Gasteiger partial charge >= 0.3 is 0 Å². The van der Waals surface area contributed by atoms with Gasteiger partial charge in [-0.3, -0.25) is 0 Å². The SMILES string of the molecule is Fc1cc(Br)ccc1NCc1nc(-c2ccsc2)no1. The van der Waals surface area contributed by atoms with Crippen molar-refractivity contribution >= 4 is 33.0 Å². The molecule has 0 saturated carbocycles. The Bertz CT molecular complexity index is 714. The van der Waals surface area contributed by atoms with Crippen LogP contribution >= 0.6 is 27.3 Å². The van der Waals surface area contributed by atoms with Gasteiger partial charge in [0.05, 0.1) is 12.2 Å². The van der Waals surface area contributed by atoms with Gasteiger partial charge in [0.2, 0.25) is 11.7 Å². The van der Waals surface area contributed by atoms with Gasteiger partial charge in [0.15, 0.2) is 0 Å². The Kier molecular flexibility index (Phi) is 3.79. The van der Waals surface area contributed by atoms with E-state index in [4.69, 9.17) is 4.52 Å². The summed E-state index contributed by atoms with van der Waals surface area (Å²) in [7, 11) is 0. The van der Waals surface area contributed by atoms with E-state index in [2.05, 4.69) is 31.4 Å². The van der Waals surface area contributed by atoms with Crippen molar-refractivity contribution < 1.29 is 8.91 Å². The topological polar surface area (TPSA) is 51.0 Å². The number of anilines is 1. The minimum Gasteiger partial charge on any atom is -0.374 e. The average Bonchev–Trinajstić information content (AvgIpc) is 3.08. The van der Waals surface area contributed by atoms with Crippen molar-refractivity contribution in [1.29, 1.82) is 0 Å². The summed E-state index contributed by atoms with van der Waals surface area (Å²) in [5.74, 6) is 0.616. The summed E-state index contributed by atoms with van der Waals surface area (Å²) in [6.07, 6.45) is 0. The minimum absolute atomic E-state index is 0.274.